The molecule has 0 saturated carbocycles. The van der Waals surface area contributed by atoms with E-state index in [1.807, 2.05) is 25.1 Å². The summed E-state index contributed by atoms with van der Waals surface area (Å²) in [5, 5.41) is 0. The van der Waals surface area contributed by atoms with E-state index in [0.29, 0.717) is 11.4 Å². The van der Waals surface area contributed by atoms with Gasteiger partial charge in [-0.15, -0.1) is 0 Å². The van der Waals surface area contributed by atoms with Gasteiger partial charge in [0.1, 0.15) is 0 Å². The van der Waals surface area contributed by atoms with Gasteiger partial charge >= 0.3 is 0 Å². The summed E-state index contributed by atoms with van der Waals surface area (Å²) in [7, 11) is -1.11. The Morgan fingerprint density at radius 3 is 2.20 bits per heavy atom. The topological polar surface area (TPSA) is 43.1 Å². The van der Waals surface area contributed by atoms with E-state index < -0.39 is 10.8 Å². The largest absolute Gasteiger partial charge is 0.398 e. The van der Waals surface area contributed by atoms with Crippen LogP contribution in [-0.4, -0.2) is 4.21 Å². The van der Waals surface area contributed by atoms with Gasteiger partial charge in [0, 0.05) is 0 Å². The maximum Gasteiger partial charge on any atom is 0.0623 e. The molecule has 0 spiro atoms. The van der Waals surface area contributed by atoms with Gasteiger partial charge in [-0.3, -0.25) is 4.21 Å². The van der Waals surface area contributed by atoms with Crippen molar-refractivity contribution in [2.24, 2.45) is 0 Å². The number of nitrogens with two attached hydrogens (primary N) is 1. The Kier molecular flexibility index (Phi) is 4.29. The summed E-state index contributed by atoms with van der Waals surface area (Å²) < 4.78 is 12.6. The van der Waals surface area contributed by atoms with Gasteiger partial charge in [-0.25, -0.2) is 0 Å². The Hall–Kier alpha value is -1.61. The van der Waals surface area contributed by atoms with Crippen molar-refractivity contribution >= 4 is 16.5 Å². The molecule has 0 amide bonds. The molecule has 0 radical (unpaired) electrons. The lowest BCUT2D eigenvalue weighted by atomic mass is 10.0. The number of para-hydroxylation sites is 1. The molecule has 2 aromatic rings. The van der Waals surface area contributed by atoms with Crippen molar-refractivity contribution in [1.29, 1.82) is 0 Å². The quantitative estimate of drug-likeness (QED) is 0.872. The van der Waals surface area contributed by atoms with E-state index in [9.17, 15) is 4.21 Å². The minimum Gasteiger partial charge on any atom is -0.398 e. The number of aryl methyl sites for hydroxylation is 4. The first-order chi connectivity index (χ1) is 9.40. The van der Waals surface area contributed by atoms with Crippen molar-refractivity contribution in [3.05, 3.63) is 58.1 Å². The van der Waals surface area contributed by atoms with E-state index in [-0.39, 0.29) is 0 Å². The highest BCUT2D eigenvalue weighted by Crippen LogP contribution is 2.25. The molecule has 0 bridgehead atoms. The number of rotatable bonds is 3. The molecule has 2 rings (SSSR count). The van der Waals surface area contributed by atoms with Crippen LogP contribution in [0.25, 0.3) is 0 Å². The average molecular weight is 287 g/mol. The van der Waals surface area contributed by atoms with E-state index in [0.717, 1.165) is 16.0 Å². The zero-order valence-electron chi connectivity index (χ0n) is 12.5. The highest BCUT2D eigenvalue weighted by molar-refractivity contribution is 7.84. The van der Waals surface area contributed by atoms with Crippen LogP contribution in [0.15, 0.2) is 35.2 Å². The molecule has 0 fully saturated rings. The molecule has 1 unspecified atom stereocenters. The molecule has 2 N–H and O–H groups in total. The van der Waals surface area contributed by atoms with E-state index in [1.165, 1.54) is 16.7 Å². The first kappa shape index (κ1) is 14.8. The van der Waals surface area contributed by atoms with Gasteiger partial charge in [0.05, 0.1) is 27.1 Å². The van der Waals surface area contributed by atoms with Crippen LogP contribution in [0.1, 0.15) is 27.8 Å². The maximum absolute atomic E-state index is 12.6. The van der Waals surface area contributed by atoms with E-state index in [4.69, 9.17) is 5.73 Å². The Morgan fingerprint density at radius 1 is 1.00 bits per heavy atom. The van der Waals surface area contributed by atoms with Crippen LogP contribution in [0, 0.1) is 27.7 Å². The summed E-state index contributed by atoms with van der Waals surface area (Å²) in [6.45, 7) is 8.18. The molecule has 20 heavy (non-hydrogen) atoms. The zero-order chi connectivity index (χ0) is 14.9. The number of hydrogen-bond donors (Lipinski definition) is 1. The van der Waals surface area contributed by atoms with Crippen molar-refractivity contribution in [3.8, 4) is 0 Å². The fourth-order valence-corrected chi connectivity index (χ4v) is 4.01. The molecule has 2 aromatic carbocycles. The second-order valence-corrected chi connectivity index (χ2v) is 6.77. The van der Waals surface area contributed by atoms with Gasteiger partial charge in [0.25, 0.3) is 0 Å². The standard InChI is InChI=1S/C17H21NOS/c1-11-8-13(3)15(14(4)9-11)10-20(19)16-7-5-6-12(2)17(16)18/h5-9H,10,18H2,1-4H3. The second kappa shape index (κ2) is 5.80. The predicted molar refractivity (Wildman–Crippen MR) is 86.4 cm³/mol. The summed E-state index contributed by atoms with van der Waals surface area (Å²) in [5.41, 5.74) is 12.5. The molecule has 1 atom stereocenters. The van der Waals surface area contributed by atoms with Crippen LogP contribution >= 0.6 is 0 Å². The van der Waals surface area contributed by atoms with E-state index in [2.05, 4.69) is 32.9 Å². The molecular formula is C17H21NOS. The second-order valence-electron chi connectivity index (χ2n) is 5.35. The van der Waals surface area contributed by atoms with Crippen LogP contribution in [-0.2, 0) is 16.6 Å². The average Bonchev–Trinajstić information content (AvgIpc) is 2.36. The van der Waals surface area contributed by atoms with Gasteiger partial charge in [-0.1, -0.05) is 29.8 Å². The fourth-order valence-electron chi connectivity index (χ4n) is 2.50. The highest BCUT2D eigenvalue weighted by Gasteiger charge is 2.13. The van der Waals surface area contributed by atoms with E-state index >= 15 is 0 Å². The van der Waals surface area contributed by atoms with Crippen molar-refractivity contribution < 1.29 is 4.21 Å². The van der Waals surface area contributed by atoms with Crippen LogP contribution < -0.4 is 5.73 Å². The number of nitrogen functional groups attached to an aromatic ring is 1. The molecule has 106 valence electrons. The van der Waals surface area contributed by atoms with Crippen molar-refractivity contribution in [3.63, 3.8) is 0 Å². The summed E-state index contributed by atoms with van der Waals surface area (Å²) in [5.74, 6) is 0.519. The summed E-state index contributed by atoms with van der Waals surface area (Å²) in [6, 6.07) is 9.99. The number of anilines is 1. The first-order valence-electron chi connectivity index (χ1n) is 6.70. The Labute approximate surface area is 123 Å². The van der Waals surface area contributed by atoms with Gasteiger partial charge < -0.3 is 5.73 Å². The van der Waals surface area contributed by atoms with Crippen molar-refractivity contribution in [2.45, 2.75) is 38.3 Å². The molecular weight excluding hydrogens is 266 g/mol. The summed E-state index contributed by atoms with van der Waals surface area (Å²) >= 11 is 0. The smallest absolute Gasteiger partial charge is 0.0623 e. The summed E-state index contributed by atoms with van der Waals surface area (Å²) in [4.78, 5) is 0.740. The van der Waals surface area contributed by atoms with Crippen LogP contribution in [0.2, 0.25) is 0 Å². The van der Waals surface area contributed by atoms with Gasteiger partial charge in [-0.2, -0.15) is 0 Å². The third-order valence-corrected chi connectivity index (χ3v) is 5.04. The number of hydrogen-bond acceptors (Lipinski definition) is 2. The van der Waals surface area contributed by atoms with Gasteiger partial charge in [0.15, 0.2) is 0 Å². The van der Waals surface area contributed by atoms with Crippen molar-refractivity contribution in [2.75, 3.05) is 5.73 Å². The Morgan fingerprint density at radius 2 is 1.60 bits per heavy atom. The minimum atomic E-state index is -1.11. The Bertz CT molecular complexity index is 654. The maximum atomic E-state index is 12.6. The third-order valence-electron chi connectivity index (χ3n) is 3.65. The molecule has 0 heterocycles. The van der Waals surface area contributed by atoms with Crippen LogP contribution in [0.3, 0.4) is 0 Å². The van der Waals surface area contributed by atoms with Gasteiger partial charge in [0.2, 0.25) is 0 Å². The highest BCUT2D eigenvalue weighted by atomic mass is 32.2. The first-order valence-corrected chi connectivity index (χ1v) is 8.02. The molecule has 2 nitrogen and oxygen atoms in total. The van der Waals surface area contributed by atoms with Crippen LogP contribution in [0.5, 0.6) is 0 Å². The van der Waals surface area contributed by atoms with Crippen molar-refractivity contribution in [1.82, 2.24) is 0 Å². The normalized spacial score (nSPS) is 12.4. The lowest BCUT2D eigenvalue weighted by molar-refractivity contribution is 0.682. The molecule has 0 aliphatic heterocycles. The molecule has 0 saturated heterocycles. The zero-order valence-corrected chi connectivity index (χ0v) is 13.3. The van der Waals surface area contributed by atoms with Gasteiger partial charge in [-0.05, 0) is 56.0 Å². The fraction of sp³-hybridized carbons (Fsp3) is 0.294. The summed E-state index contributed by atoms with van der Waals surface area (Å²) in [6.07, 6.45) is 0. The SMILES string of the molecule is Cc1cc(C)c(CS(=O)c2cccc(C)c2N)c(C)c1. The molecule has 0 aromatic heterocycles. The van der Waals surface area contributed by atoms with E-state index in [1.54, 1.807) is 0 Å². The molecule has 0 aliphatic carbocycles. The molecule has 0 aliphatic rings. The lowest BCUT2D eigenvalue weighted by Crippen LogP contribution is -2.05. The monoisotopic (exact) mass is 287 g/mol. The minimum absolute atomic E-state index is 0.519. The lowest BCUT2D eigenvalue weighted by Gasteiger charge is -2.13. The number of benzene rings is 2. The van der Waals surface area contributed by atoms with Crippen LogP contribution in [0.4, 0.5) is 5.69 Å². The molecule has 3 heteroatoms. The third kappa shape index (κ3) is 2.93. The Balaban J connectivity index is 2.36. The predicted octanol–water partition coefficient (Wildman–Crippen LogP) is 3.81.